The molecule has 0 aromatic carbocycles. The molecule has 0 rings (SSSR count). The lowest BCUT2D eigenvalue weighted by Crippen LogP contribution is -2.01. The van der Waals surface area contributed by atoms with Crippen LogP contribution in [-0.2, 0) is 9.53 Å². The first-order valence-corrected chi connectivity index (χ1v) is 6.02. The minimum Gasteiger partial charge on any atom is -0.466 e. The molecule has 1 atom stereocenters. The third-order valence-electron chi connectivity index (χ3n) is 2.23. The average Bonchev–Trinajstić information content (AvgIpc) is 2.17. The van der Waals surface area contributed by atoms with Gasteiger partial charge in [0.15, 0.2) is 0 Å². The van der Waals surface area contributed by atoms with Gasteiger partial charge in [0, 0.05) is 0 Å². The van der Waals surface area contributed by atoms with Crippen molar-refractivity contribution in [3.63, 3.8) is 0 Å². The van der Waals surface area contributed by atoms with Crippen LogP contribution >= 0.6 is 0 Å². The third-order valence-corrected chi connectivity index (χ3v) is 2.23. The molecule has 0 spiro atoms. The van der Waals surface area contributed by atoms with Crippen molar-refractivity contribution in [3.8, 4) is 0 Å². The molecular formula is C14H24O2. The lowest BCUT2D eigenvalue weighted by atomic mass is 10.0. The van der Waals surface area contributed by atoms with E-state index in [1.54, 1.807) is 0 Å². The van der Waals surface area contributed by atoms with Gasteiger partial charge in [-0.2, -0.15) is 0 Å². The Morgan fingerprint density at radius 2 is 2.06 bits per heavy atom. The number of carbonyl (C=O) groups is 1. The van der Waals surface area contributed by atoms with Crippen LogP contribution in [0.3, 0.4) is 0 Å². The van der Waals surface area contributed by atoms with Crippen molar-refractivity contribution in [2.75, 3.05) is 6.61 Å². The van der Waals surface area contributed by atoms with Crippen molar-refractivity contribution in [1.82, 2.24) is 0 Å². The van der Waals surface area contributed by atoms with Gasteiger partial charge in [-0.3, -0.25) is 4.79 Å². The second-order valence-electron chi connectivity index (χ2n) is 4.27. The minimum atomic E-state index is -0.143. The van der Waals surface area contributed by atoms with Crippen LogP contribution in [0.25, 0.3) is 0 Å². The Bertz CT molecular complexity index is 247. The lowest BCUT2D eigenvalue weighted by Gasteiger charge is -2.03. The first kappa shape index (κ1) is 14.9. The second-order valence-corrected chi connectivity index (χ2v) is 4.27. The van der Waals surface area contributed by atoms with Crippen molar-refractivity contribution in [1.29, 1.82) is 0 Å². The SMILES string of the molecule is CCOC(=O)C/C=C/C(C)CCC=C(C)C. The molecule has 0 radical (unpaired) electrons. The van der Waals surface area contributed by atoms with Crippen molar-refractivity contribution < 1.29 is 9.53 Å². The normalized spacial score (nSPS) is 12.5. The highest BCUT2D eigenvalue weighted by Crippen LogP contribution is 2.09. The molecule has 0 heterocycles. The Hall–Kier alpha value is -1.05. The summed E-state index contributed by atoms with van der Waals surface area (Å²) in [4.78, 5) is 11.0. The number of hydrogen-bond acceptors (Lipinski definition) is 2. The van der Waals surface area contributed by atoms with Crippen molar-refractivity contribution in [2.24, 2.45) is 5.92 Å². The van der Waals surface area contributed by atoms with Crippen molar-refractivity contribution >= 4 is 5.97 Å². The maximum absolute atomic E-state index is 11.0. The van der Waals surface area contributed by atoms with E-state index >= 15 is 0 Å². The average molecular weight is 224 g/mol. The van der Waals surface area contributed by atoms with Gasteiger partial charge in [-0.15, -0.1) is 0 Å². The Morgan fingerprint density at radius 1 is 1.38 bits per heavy atom. The molecule has 1 unspecified atom stereocenters. The summed E-state index contributed by atoms with van der Waals surface area (Å²) in [6.07, 6.45) is 8.87. The molecule has 0 aliphatic rings. The zero-order valence-electron chi connectivity index (χ0n) is 11.0. The van der Waals surface area contributed by atoms with Crippen LogP contribution in [0.1, 0.15) is 47.0 Å². The van der Waals surface area contributed by atoms with Crippen LogP contribution in [0.4, 0.5) is 0 Å². The quantitative estimate of drug-likeness (QED) is 0.484. The third kappa shape index (κ3) is 9.50. The standard InChI is InChI=1S/C14H24O2/c1-5-16-14(15)11-7-10-13(4)9-6-8-12(2)3/h7-8,10,13H,5-6,9,11H2,1-4H3/b10-7+. The van der Waals surface area contributed by atoms with E-state index in [0.717, 1.165) is 12.8 Å². The molecule has 0 bridgehead atoms. The van der Waals surface area contributed by atoms with Gasteiger partial charge in [0.1, 0.15) is 0 Å². The van der Waals surface area contributed by atoms with Gasteiger partial charge >= 0.3 is 5.97 Å². The number of allylic oxidation sites excluding steroid dienone is 3. The maximum Gasteiger partial charge on any atom is 0.309 e. The van der Waals surface area contributed by atoms with E-state index < -0.39 is 0 Å². The molecule has 0 aromatic rings. The fourth-order valence-electron chi connectivity index (χ4n) is 1.35. The van der Waals surface area contributed by atoms with Crippen molar-refractivity contribution in [2.45, 2.75) is 47.0 Å². The fourth-order valence-corrected chi connectivity index (χ4v) is 1.35. The van der Waals surface area contributed by atoms with Gasteiger partial charge in [0.05, 0.1) is 13.0 Å². The Balaban J connectivity index is 3.70. The molecule has 0 N–H and O–H groups in total. The zero-order valence-corrected chi connectivity index (χ0v) is 11.0. The van der Waals surface area contributed by atoms with Crippen LogP contribution in [0.15, 0.2) is 23.8 Å². The molecule has 0 aliphatic heterocycles. The molecule has 0 aromatic heterocycles. The molecule has 0 fully saturated rings. The number of ether oxygens (including phenoxy) is 1. The predicted octanol–water partition coefficient (Wildman–Crippen LogP) is 3.88. The molecular weight excluding hydrogens is 200 g/mol. The molecule has 0 aliphatic carbocycles. The summed E-state index contributed by atoms with van der Waals surface area (Å²) >= 11 is 0. The molecule has 2 nitrogen and oxygen atoms in total. The van der Waals surface area contributed by atoms with E-state index in [1.165, 1.54) is 5.57 Å². The number of carbonyl (C=O) groups excluding carboxylic acids is 1. The first-order valence-electron chi connectivity index (χ1n) is 6.02. The molecule has 0 saturated heterocycles. The van der Waals surface area contributed by atoms with Gasteiger partial charge < -0.3 is 4.74 Å². The van der Waals surface area contributed by atoms with Crippen LogP contribution < -0.4 is 0 Å². The molecule has 0 saturated carbocycles. The summed E-state index contributed by atoms with van der Waals surface area (Å²) in [6, 6.07) is 0. The second kappa shape index (κ2) is 9.20. The largest absolute Gasteiger partial charge is 0.466 e. The van der Waals surface area contributed by atoms with E-state index in [0.29, 0.717) is 18.9 Å². The Labute approximate surface area is 99.4 Å². The summed E-state index contributed by atoms with van der Waals surface area (Å²) in [7, 11) is 0. The number of rotatable bonds is 7. The van der Waals surface area contributed by atoms with Crippen LogP contribution in [0.2, 0.25) is 0 Å². The van der Waals surface area contributed by atoms with Gasteiger partial charge in [-0.1, -0.05) is 30.7 Å². The van der Waals surface area contributed by atoms with Gasteiger partial charge in [-0.05, 0) is 39.5 Å². The topological polar surface area (TPSA) is 26.3 Å². The highest BCUT2D eigenvalue weighted by molar-refractivity contribution is 5.71. The summed E-state index contributed by atoms with van der Waals surface area (Å²) in [5.74, 6) is 0.375. The van der Waals surface area contributed by atoms with E-state index in [2.05, 4.69) is 32.9 Å². The summed E-state index contributed by atoms with van der Waals surface area (Å²) in [6.45, 7) is 8.68. The monoisotopic (exact) mass is 224 g/mol. The maximum atomic E-state index is 11.0. The first-order chi connectivity index (χ1) is 7.56. The van der Waals surface area contributed by atoms with E-state index in [-0.39, 0.29) is 5.97 Å². The highest BCUT2D eigenvalue weighted by atomic mass is 16.5. The molecule has 0 amide bonds. The van der Waals surface area contributed by atoms with Crippen LogP contribution in [0, 0.1) is 5.92 Å². The summed E-state index contributed by atoms with van der Waals surface area (Å²) < 4.78 is 4.84. The Kier molecular flexibility index (Phi) is 8.59. The lowest BCUT2D eigenvalue weighted by molar-refractivity contribution is -0.142. The molecule has 92 valence electrons. The van der Waals surface area contributed by atoms with E-state index in [1.807, 2.05) is 13.0 Å². The van der Waals surface area contributed by atoms with Crippen LogP contribution in [-0.4, -0.2) is 12.6 Å². The van der Waals surface area contributed by atoms with Gasteiger partial charge in [0.25, 0.3) is 0 Å². The highest BCUT2D eigenvalue weighted by Gasteiger charge is 1.98. The van der Waals surface area contributed by atoms with Crippen LogP contribution in [0.5, 0.6) is 0 Å². The number of hydrogen-bond donors (Lipinski definition) is 0. The van der Waals surface area contributed by atoms with Gasteiger partial charge in [0.2, 0.25) is 0 Å². The summed E-state index contributed by atoms with van der Waals surface area (Å²) in [5.41, 5.74) is 1.36. The molecule has 2 heteroatoms. The smallest absolute Gasteiger partial charge is 0.309 e. The zero-order chi connectivity index (χ0) is 12.4. The Morgan fingerprint density at radius 3 is 2.62 bits per heavy atom. The van der Waals surface area contributed by atoms with E-state index in [9.17, 15) is 4.79 Å². The number of esters is 1. The predicted molar refractivity (Wildman–Crippen MR) is 68.2 cm³/mol. The summed E-state index contributed by atoms with van der Waals surface area (Å²) in [5, 5.41) is 0. The minimum absolute atomic E-state index is 0.143. The van der Waals surface area contributed by atoms with E-state index in [4.69, 9.17) is 4.74 Å². The molecule has 16 heavy (non-hydrogen) atoms. The fraction of sp³-hybridized carbons (Fsp3) is 0.643. The van der Waals surface area contributed by atoms with Crippen molar-refractivity contribution in [3.05, 3.63) is 23.8 Å². The van der Waals surface area contributed by atoms with Gasteiger partial charge in [-0.25, -0.2) is 0 Å².